The molecule has 2 heterocycles. The Morgan fingerprint density at radius 1 is 1.28 bits per heavy atom. The zero-order chi connectivity index (χ0) is 12.5. The van der Waals surface area contributed by atoms with Crippen LogP contribution < -0.4 is 5.84 Å². The molecule has 7 heteroatoms. The number of H-pyrrole nitrogens is 1. The minimum Gasteiger partial charge on any atom is -0.444 e. The Bertz CT molecular complexity index is 727. The summed E-state index contributed by atoms with van der Waals surface area (Å²) in [5.41, 5.74) is 1.42. The van der Waals surface area contributed by atoms with E-state index in [1.165, 1.54) is 10.9 Å². The molecule has 2 aromatic heterocycles. The maximum absolute atomic E-state index is 5.72. The van der Waals surface area contributed by atoms with Crippen LogP contribution in [0.1, 0.15) is 0 Å². The molecule has 3 aromatic rings. The molecule has 0 bridgehead atoms. The van der Waals surface area contributed by atoms with E-state index >= 15 is 0 Å². The quantitative estimate of drug-likeness (QED) is 0.543. The van der Waals surface area contributed by atoms with Crippen LogP contribution in [0.15, 0.2) is 41.0 Å². The first-order chi connectivity index (χ1) is 8.75. The summed E-state index contributed by atoms with van der Waals surface area (Å²) in [6.45, 7) is 0. The monoisotopic (exact) mass is 259 g/mol. The van der Waals surface area contributed by atoms with Crippen LogP contribution in [0.5, 0.6) is 0 Å². The van der Waals surface area contributed by atoms with E-state index in [1.807, 2.05) is 30.3 Å². The summed E-state index contributed by atoms with van der Waals surface area (Å²) in [5.74, 6) is 6.67. The number of oxazole rings is 1. The summed E-state index contributed by atoms with van der Waals surface area (Å²) in [4.78, 5) is 4.33. The van der Waals surface area contributed by atoms with Crippen LogP contribution in [0.25, 0.3) is 23.0 Å². The predicted molar refractivity (Wildman–Crippen MR) is 68.5 cm³/mol. The average Bonchev–Trinajstić information content (AvgIpc) is 3.00. The van der Waals surface area contributed by atoms with Crippen LogP contribution in [0.3, 0.4) is 0 Å². The molecule has 90 valence electrons. The topological polar surface area (TPSA) is 85.7 Å². The standard InChI is InChI=1S/C11H9N5OS/c12-16-9(14-15-11(16)18)8-6-17-10(13-8)7-4-2-1-3-5-7/h1-6H,12H2,(H,15,18). The first-order valence-electron chi connectivity index (χ1n) is 5.19. The molecule has 0 fully saturated rings. The number of nitrogens with one attached hydrogen (secondary N) is 1. The molecule has 3 rings (SSSR count). The molecule has 0 atom stereocenters. The van der Waals surface area contributed by atoms with Gasteiger partial charge >= 0.3 is 0 Å². The van der Waals surface area contributed by atoms with Crippen LogP contribution in [0.2, 0.25) is 0 Å². The van der Waals surface area contributed by atoms with Gasteiger partial charge in [0, 0.05) is 5.56 Å². The van der Waals surface area contributed by atoms with Crippen LogP contribution in [-0.4, -0.2) is 19.9 Å². The highest BCUT2D eigenvalue weighted by Gasteiger charge is 2.13. The van der Waals surface area contributed by atoms with Gasteiger partial charge < -0.3 is 10.3 Å². The van der Waals surface area contributed by atoms with Gasteiger partial charge in [0.25, 0.3) is 0 Å². The number of rotatable bonds is 2. The van der Waals surface area contributed by atoms with E-state index in [0.29, 0.717) is 22.2 Å². The Morgan fingerprint density at radius 2 is 2.06 bits per heavy atom. The Kier molecular flexibility index (Phi) is 2.45. The average molecular weight is 259 g/mol. The van der Waals surface area contributed by atoms with Crippen molar-refractivity contribution in [3.8, 4) is 23.0 Å². The lowest BCUT2D eigenvalue weighted by Gasteiger charge is -1.94. The van der Waals surface area contributed by atoms with Crippen molar-refractivity contribution in [2.24, 2.45) is 0 Å². The van der Waals surface area contributed by atoms with Crippen molar-refractivity contribution in [2.75, 3.05) is 5.84 Å². The Balaban J connectivity index is 2.05. The van der Waals surface area contributed by atoms with Gasteiger partial charge in [0.1, 0.15) is 12.0 Å². The molecule has 0 saturated heterocycles. The number of hydrogen-bond acceptors (Lipinski definition) is 5. The molecular weight excluding hydrogens is 250 g/mol. The Labute approximate surface area is 107 Å². The molecule has 18 heavy (non-hydrogen) atoms. The first kappa shape index (κ1) is 10.7. The zero-order valence-electron chi connectivity index (χ0n) is 9.20. The van der Waals surface area contributed by atoms with E-state index in [0.717, 1.165) is 5.56 Å². The van der Waals surface area contributed by atoms with Gasteiger partial charge in [-0.15, -0.1) is 0 Å². The molecule has 0 spiro atoms. The van der Waals surface area contributed by atoms with Crippen molar-refractivity contribution in [1.29, 1.82) is 0 Å². The molecule has 6 nitrogen and oxygen atoms in total. The fourth-order valence-electron chi connectivity index (χ4n) is 1.58. The Morgan fingerprint density at radius 3 is 2.72 bits per heavy atom. The lowest BCUT2D eigenvalue weighted by atomic mass is 10.2. The number of nitrogens with zero attached hydrogens (tertiary/aromatic N) is 3. The van der Waals surface area contributed by atoms with Gasteiger partial charge in [-0.25, -0.2) is 14.8 Å². The van der Waals surface area contributed by atoms with E-state index in [4.69, 9.17) is 22.5 Å². The minimum absolute atomic E-state index is 0.328. The first-order valence-corrected chi connectivity index (χ1v) is 5.60. The molecule has 0 unspecified atom stereocenters. The maximum Gasteiger partial charge on any atom is 0.226 e. The second-order valence-electron chi connectivity index (χ2n) is 3.63. The van der Waals surface area contributed by atoms with Crippen molar-refractivity contribution in [3.05, 3.63) is 41.4 Å². The highest BCUT2D eigenvalue weighted by atomic mass is 32.1. The lowest BCUT2D eigenvalue weighted by Crippen LogP contribution is -2.09. The number of aromatic nitrogens is 4. The summed E-state index contributed by atoms with van der Waals surface area (Å²) in [5, 5.41) is 6.58. The third-order valence-corrected chi connectivity index (χ3v) is 2.75. The van der Waals surface area contributed by atoms with E-state index < -0.39 is 0 Å². The van der Waals surface area contributed by atoms with Crippen LogP contribution in [-0.2, 0) is 0 Å². The zero-order valence-corrected chi connectivity index (χ0v) is 10.0. The molecule has 0 radical (unpaired) electrons. The van der Waals surface area contributed by atoms with E-state index in [9.17, 15) is 0 Å². The maximum atomic E-state index is 5.72. The van der Waals surface area contributed by atoms with Gasteiger partial charge in [0.2, 0.25) is 16.5 Å². The minimum atomic E-state index is 0.328. The smallest absolute Gasteiger partial charge is 0.226 e. The largest absolute Gasteiger partial charge is 0.444 e. The van der Waals surface area contributed by atoms with Gasteiger partial charge in [-0.3, -0.25) is 0 Å². The van der Waals surface area contributed by atoms with Crippen molar-refractivity contribution < 1.29 is 4.42 Å². The fraction of sp³-hybridized carbons (Fsp3) is 0. The molecule has 1 aromatic carbocycles. The number of nitrogen functional groups attached to an aromatic ring is 1. The molecule has 0 amide bonds. The lowest BCUT2D eigenvalue weighted by molar-refractivity contribution is 0.575. The molecule has 3 N–H and O–H groups in total. The van der Waals surface area contributed by atoms with E-state index in [1.54, 1.807) is 0 Å². The summed E-state index contributed by atoms with van der Waals surface area (Å²) in [6.07, 6.45) is 1.50. The van der Waals surface area contributed by atoms with Gasteiger partial charge in [0.15, 0.2) is 0 Å². The van der Waals surface area contributed by atoms with Crippen molar-refractivity contribution in [2.45, 2.75) is 0 Å². The normalized spacial score (nSPS) is 10.7. The van der Waals surface area contributed by atoms with Crippen LogP contribution in [0, 0.1) is 4.77 Å². The van der Waals surface area contributed by atoms with Crippen molar-refractivity contribution in [1.82, 2.24) is 19.9 Å². The Hall–Kier alpha value is -2.41. The number of benzene rings is 1. The number of aromatic amines is 1. The van der Waals surface area contributed by atoms with Gasteiger partial charge in [-0.2, -0.15) is 5.10 Å². The summed E-state index contributed by atoms with van der Waals surface area (Å²) < 4.78 is 6.98. The van der Waals surface area contributed by atoms with Gasteiger partial charge in [-0.1, -0.05) is 18.2 Å². The highest BCUT2D eigenvalue weighted by Crippen LogP contribution is 2.22. The van der Waals surface area contributed by atoms with Gasteiger partial charge in [-0.05, 0) is 24.4 Å². The van der Waals surface area contributed by atoms with Crippen LogP contribution in [0.4, 0.5) is 0 Å². The van der Waals surface area contributed by atoms with Crippen LogP contribution >= 0.6 is 12.2 Å². The predicted octanol–water partition coefficient (Wildman–Crippen LogP) is 1.98. The highest BCUT2D eigenvalue weighted by molar-refractivity contribution is 7.71. The second-order valence-corrected chi connectivity index (χ2v) is 4.01. The SMILES string of the molecule is Nn1c(-c2coc(-c3ccccc3)n2)n[nH]c1=S. The number of nitrogens with two attached hydrogens (primary N) is 1. The molecule has 0 saturated carbocycles. The number of hydrogen-bond donors (Lipinski definition) is 2. The fourth-order valence-corrected chi connectivity index (χ4v) is 1.71. The summed E-state index contributed by atoms with van der Waals surface area (Å²) >= 11 is 4.94. The third-order valence-electron chi connectivity index (χ3n) is 2.46. The molecule has 0 aliphatic carbocycles. The summed E-state index contributed by atoms with van der Waals surface area (Å²) in [7, 11) is 0. The van der Waals surface area contributed by atoms with Crippen molar-refractivity contribution in [3.63, 3.8) is 0 Å². The van der Waals surface area contributed by atoms with E-state index in [2.05, 4.69) is 15.2 Å². The second kappa shape index (κ2) is 4.11. The third kappa shape index (κ3) is 1.70. The molecular formula is C11H9N5OS. The van der Waals surface area contributed by atoms with E-state index in [-0.39, 0.29) is 0 Å². The summed E-state index contributed by atoms with van der Waals surface area (Å²) in [6, 6.07) is 9.58. The molecule has 0 aliphatic rings. The molecule has 0 aliphatic heterocycles. The van der Waals surface area contributed by atoms with Crippen molar-refractivity contribution >= 4 is 12.2 Å². The van der Waals surface area contributed by atoms with Gasteiger partial charge in [0.05, 0.1) is 0 Å².